The Labute approximate surface area is 137 Å². The topological polar surface area (TPSA) is 87.3 Å². The summed E-state index contributed by atoms with van der Waals surface area (Å²) in [5.74, 6) is 1.13. The van der Waals surface area contributed by atoms with Crippen molar-refractivity contribution in [2.75, 3.05) is 0 Å². The lowest BCUT2D eigenvalue weighted by atomic mass is 10.4. The number of hydrogen-bond donors (Lipinski definition) is 2. The van der Waals surface area contributed by atoms with Crippen LogP contribution in [0.3, 0.4) is 0 Å². The highest BCUT2D eigenvalue weighted by molar-refractivity contribution is 7.98. The fraction of sp³-hybridized carbons (Fsp3) is 0.0769. The van der Waals surface area contributed by atoms with Gasteiger partial charge in [-0.25, -0.2) is 15.0 Å². The van der Waals surface area contributed by atoms with E-state index in [-0.39, 0.29) is 5.56 Å². The number of nitrogens with one attached hydrogen (secondary N) is 2. The number of rotatable bonds is 3. The molecular formula is C13H8ClN5OS2. The quantitative estimate of drug-likeness (QED) is 0.554. The zero-order valence-corrected chi connectivity index (χ0v) is 13.3. The van der Waals surface area contributed by atoms with Crippen molar-refractivity contribution >= 4 is 56.1 Å². The van der Waals surface area contributed by atoms with Gasteiger partial charge in [0.15, 0.2) is 10.8 Å². The van der Waals surface area contributed by atoms with Crippen LogP contribution in [0.1, 0.15) is 5.82 Å². The maximum Gasteiger partial charge on any atom is 0.268 e. The van der Waals surface area contributed by atoms with Crippen LogP contribution in [0.4, 0.5) is 0 Å². The average Bonchev–Trinajstić information content (AvgIpc) is 3.10. The highest BCUT2D eigenvalue weighted by atomic mass is 35.5. The summed E-state index contributed by atoms with van der Waals surface area (Å²) < 4.78 is 0.649. The van der Waals surface area contributed by atoms with Crippen molar-refractivity contribution in [1.82, 2.24) is 24.9 Å². The van der Waals surface area contributed by atoms with Crippen molar-refractivity contribution in [1.29, 1.82) is 0 Å². The van der Waals surface area contributed by atoms with E-state index in [0.29, 0.717) is 32.1 Å². The Morgan fingerprint density at radius 1 is 1.32 bits per heavy atom. The summed E-state index contributed by atoms with van der Waals surface area (Å²) in [5.41, 5.74) is 2.02. The van der Waals surface area contributed by atoms with Crippen molar-refractivity contribution in [3.8, 4) is 0 Å². The molecule has 0 aliphatic heterocycles. The lowest BCUT2D eigenvalue weighted by Crippen LogP contribution is -2.09. The third-order valence-corrected chi connectivity index (χ3v) is 4.99. The summed E-state index contributed by atoms with van der Waals surface area (Å²) >= 11 is 8.73. The van der Waals surface area contributed by atoms with Crippen molar-refractivity contribution in [3.63, 3.8) is 0 Å². The highest BCUT2D eigenvalue weighted by Gasteiger charge is 2.08. The number of nitrogens with zero attached hydrogens (tertiary/aromatic N) is 3. The Hall–Kier alpha value is -1.90. The minimum absolute atomic E-state index is 0.103. The van der Waals surface area contributed by atoms with Gasteiger partial charge in [0, 0.05) is 6.20 Å². The van der Waals surface area contributed by atoms with Gasteiger partial charge in [0.2, 0.25) is 0 Å². The highest BCUT2D eigenvalue weighted by Crippen LogP contribution is 2.23. The number of fused-ring (bicyclic) bond motifs is 2. The Morgan fingerprint density at radius 3 is 3.14 bits per heavy atom. The number of aromatic amines is 2. The number of H-pyrrole nitrogens is 2. The normalized spacial score (nSPS) is 11.5. The van der Waals surface area contributed by atoms with Crippen LogP contribution in [0.2, 0.25) is 5.02 Å². The average molecular weight is 350 g/mol. The van der Waals surface area contributed by atoms with Crippen LogP contribution >= 0.6 is 34.7 Å². The van der Waals surface area contributed by atoms with E-state index in [2.05, 4.69) is 24.9 Å². The second-order valence-electron chi connectivity index (χ2n) is 4.50. The second kappa shape index (κ2) is 5.38. The van der Waals surface area contributed by atoms with Crippen LogP contribution < -0.4 is 5.56 Å². The molecule has 0 amide bonds. The van der Waals surface area contributed by atoms with Gasteiger partial charge in [-0.15, -0.1) is 11.3 Å². The first-order valence-electron chi connectivity index (χ1n) is 6.29. The van der Waals surface area contributed by atoms with E-state index < -0.39 is 0 Å². The molecule has 110 valence electrons. The summed E-state index contributed by atoms with van der Waals surface area (Å²) in [6, 6.07) is 3.62. The molecule has 0 spiro atoms. The monoisotopic (exact) mass is 349 g/mol. The molecule has 0 radical (unpaired) electrons. The molecule has 9 heteroatoms. The Morgan fingerprint density at radius 2 is 2.23 bits per heavy atom. The minimum atomic E-state index is -0.103. The molecule has 0 saturated carbocycles. The van der Waals surface area contributed by atoms with E-state index in [1.165, 1.54) is 23.1 Å². The van der Waals surface area contributed by atoms with E-state index in [4.69, 9.17) is 11.6 Å². The molecule has 0 aromatic carbocycles. The molecule has 0 bridgehead atoms. The smallest absolute Gasteiger partial charge is 0.268 e. The number of thioether (sulfide) groups is 1. The first kappa shape index (κ1) is 13.7. The SMILES string of the molecule is O=c1[nH]c(CSc2nc3ncc(Cl)cc3[nH]2)nc2ccsc12. The molecule has 0 aliphatic rings. The van der Waals surface area contributed by atoms with E-state index in [0.717, 1.165) is 11.0 Å². The van der Waals surface area contributed by atoms with E-state index in [1.54, 1.807) is 12.3 Å². The van der Waals surface area contributed by atoms with Gasteiger partial charge in [0.05, 0.1) is 21.8 Å². The van der Waals surface area contributed by atoms with Crippen LogP contribution in [-0.2, 0) is 5.75 Å². The van der Waals surface area contributed by atoms with E-state index in [1.807, 2.05) is 11.4 Å². The lowest BCUT2D eigenvalue weighted by molar-refractivity contribution is 1.02. The number of pyridine rings is 1. The summed E-state index contributed by atoms with van der Waals surface area (Å²) in [7, 11) is 0. The molecule has 0 fully saturated rings. The zero-order valence-electron chi connectivity index (χ0n) is 11.0. The first-order chi connectivity index (χ1) is 10.7. The fourth-order valence-corrected chi connectivity index (χ4v) is 3.67. The molecule has 22 heavy (non-hydrogen) atoms. The lowest BCUT2D eigenvalue weighted by Gasteiger charge is -1.98. The number of hydrogen-bond acceptors (Lipinski definition) is 6. The number of imidazole rings is 1. The predicted octanol–water partition coefficient (Wildman–Crippen LogP) is 3.20. The van der Waals surface area contributed by atoms with Gasteiger partial charge in [-0.3, -0.25) is 4.79 Å². The Balaban J connectivity index is 1.60. The van der Waals surface area contributed by atoms with Gasteiger partial charge in [-0.05, 0) is 17.5 Å². The molecule has 0 aliphatic carbocycles. The van der Waals surface area contributed by atoms with Gasteiger partial charge in [-0.1, -0.05) is 23.4 Å². The van der Waals surface area contributed by atoms with Crippen molar-refractivity contribution in [3.05, 3.63) is 44.9 Å². The van der Waals surface area contributed by atoms with Gasteiger partial charge in [0.25, 0.3) is 5.56 Å². The molecule has 4 heterocycles. The van der Waals surface area contributed by atoms with Crippen molar-refractivity contribution in [2.45, 2.75) is 10.9 Å². The summed E-state index contributed by atoms with van der Waals surface area (Å²) in [6.07, 6.45) is 1.56. The van der Waals surface area contributed by atoms with Gasteiger partial charge < -0.3 is 9.97 Å². The van der Waals surface area contributed by atoms with Crippen LogP contribution in [0, 0.1) is 0 Å². The van der Waals surface area contributed by atoms with E-state index in [9.17, 15) is 4.79 Å². The second-order valence-corrected chi connectivity index (χ2v) is 6.82. The third kappa shape index (κ3) is 2.49. The van der Waals surface area contributed by atoms with Crippen LogP contribution in [0.25, 0.3) is 21.4 Å². The standard InChI is InChI=1S/C13H8ClN5OS2/c14-6-3-8-11(15-4-6)19-13(17-8)22-5-9-16-7-1-2-21-10(7)12(20)18-9/h1-4H,5H2,(H,15,17,19)(H,16,18,20). The summed E-state index contributed by atoms with van der Waals surface area (Å²) in [6.45, 7) is 0. The van der Waals surface area contributed by atoms with Gasteiger partial charge in [-0.2, -0.15) is 0 Å². The molecule has 0 atom stereocenters. The van der Waals surface area contributed by atoms with Crippen molar-refractivity contribution in [2.24, 2.45) is 0 Å². The third-order valence-electron chi connectivity index (χ3n) is 2.99. The van der Waals surface area contributed by atoms with E-state index >= 15 is 0 Å². The molecule has 4 aromatic rings. The Bertz CT molecular complexity index is 1040. The van der Waals surface area contributed by atoms with Crippen LogP contribution in [0.5, 0.6) is 0 Å². The molecule has 4 aromatic heterocycles. The van der Waals surface area contributed by atoms with Crippen LogP contribution in [0.15, 0.2) is 33.7 Å². The summed E-state index contributed by atoms with van der Waals surface area (Å²) in [4.78, 5) is 30.8. The fourth-order valence-electron chi connectivity index (χ4n) is 2.05. The predicted molar refractivity (Wildman–Crippen MR) is 88.7 cm³/mol. The largest absolute Gasteiger partial charge is 0.331 e. The van der Waals surface area contributed by atoms with Crippen molar-refractivity contribution < 1.29 is 0 Å². The molecule has 4 rings (SSSR count). The maximum atomic E-state index is 11.9. The first-order valence-corrected chi connectivity index (χ1v) is 8.54. The van der Waals surface area contributed by atoms with Crippen LogP contribution in [-0.4, -0.2) is 24.9 Å². The zero-order chi connectivity index (χ0) is 15.1. The Kier molecular flexibility index (Phi) is 3.36. The maximum absolute atomic E-state index is 11.9. The molecule has 6 nitrogen and oxygen atoms in total. The number of thiophene rings is 1. The molecular weight excluding hydrogens is 342 g/mol. The number of aromatic nitrogens is 5. The summed E-state index contributed by atoms with van der Waals surface area (Å²) in [5, 5.41) is 3.12. The van der Waals surface area contributed by atoms with Gasteiger partial charge >= 0.3 is 0 Å². The molecule has 2 N–H and O–H groups in total. The van der Waals surface area contributed by atoms with Gasteiger partial charge in [0.1, 0.15) is 10.5 Å². The molecule has 0 saturated heterocycles. The molecule has 0 unspecified atom stereocenters. The number of halogens is 1. The minimum Gasteiger partial charge on any atom is -0.331 e.